The number of likely N-dealkylation sites (N-methyl/N-ethyl adjacent to an activating group) is 1. The third-order valence-electron chi connectivity index (χ3n) is 4.40. The molecule has 0 saturated heterocycles. The highest BCUT2D eigenvalue weighted by atomic mass is 16.1. The van der Waals surface area contributed by atoms with Crippen molar-refractivity contribution < 1.29 is 0 Å². The first-order valence-electron chi connectivity index (χ1n) is 7.83. The number of benzene rings is 2. The summed E-state index contributed by atoms with van der Waals surface area (Å²) in [4.78, 5) is 18.5. The molecule has 4 aromatic rings. The number of aromatic amines is 1. The second-order valence-corrected chi connectivity index (χ2v) is 6.20. The van der Waals surface area contributed by atoms with Gasteiger partial charge in [0.05, 0.1) is 5.52 Å². The van der Waals surface area contributed by atoms with Crippen LogP contribution in [-0.4, -0.2) is 35.1 Å². The molecule has 2 aromatic carbocycles. The molecule has 2 heterocycles. The SMILES string of the molecule is CN(C)CCn1c(=O)c2[nH]c3ccccc3c2c2ccccc21. The smallest absolute Gasteiger partial charge is 0.275 e. The van der Waals surface area contributed by atoms with Crippen LogP contribution in [0.3, 0.4) is 0 Å². The Morgan fingerprint density at radius 1 is 1.00 bits per heavy atom. The van der Waals surface area contributed by atoms with Gasteiger partial charge in [-0.25, -0.2) is 0 Å². The van der Waals surface area contributed by atoms with Crippen molar-refractivity contribution in [2.75, 3.05) is 20.6 Å². The minimum absolute atomic E-state index is 0.0525. The molecule has 0 spiro atoms. The number of rotatable bonds is 3. The maximum atomic E-state index is 13.0. The van der Waals surface area contributed by atoms with Crippen LogP contribution in [0.25, 0.3) is 32.7 Å². The molecule has 0 unspecified atom stereocenters. The monoisotopic (exact) mass is 305 g/mol. The number of pyridine rings is 1. The third-order valence-corrected chi connectivity index (χ3v) is 4.40. The van der Waals surface area contributed by atoms with Crippen LogP contribution in [0.4, 0.5) is 0 Å². The molecule has 23 heavy (non-hydrogen) atoms. The van der Waals surface area contributed by atoms with Crippen molar-refractivity contribution in [3.05, 3.63) is 58.9 Å². The summed E-state index contributed by atoms with van der Waals surface area (Å²) in [5.74, 6) is 0. The minimum Gasteiger partial charge on any atom is -0.350 e. The molecule has 0 radical (unpaired) electrons. The van der Waals surface area contributed by atoms with Gasteiger partial charge in [0.2, 0.25) is 0 Å². The number of aromatic nitrogens is 2. The van der Waals surface area contributed by atoms with Gasteiger partial charge in [0.1, 0.15) is 5.52 Å². The number of hydrogen-bond donors (Lipinski definition) is 1. The van der Waals surface area contributed by atoms with Gasteiger partial charge in [0, 0.05) is 34.8 Å². The second-order valence-electron chi connectivity index (χ2n) is 6.20. The predicted molar refractivity (Wildman–Crippen MR) is 96.1 cm³/mol. The van der Waals surface area contributed by atoms with Crippen molar-refractivity contribution >= 4 is 32.7 Å². The van der Waals surface area contributed by atoms with Gasteiger partial charge in [0.25, 0.3) is 5.56 Å². The van der Waals surface area contributed by atoms with E-state index in [1.807, 2.05) is 55.1 Å². The van der Waals surface area contributed by atoms with Crippen molar-refractivity contribution in [3.8, 4) is 0 Å². The Hall–Kier alpha value is -2.59. The molecule has 1 N–H and O–H groups in total. The molecule has 0 aliphatic carbocycles. The highest BCUT2D eigenvalue weighted by molar-refractivity contribution is 6.19. The molecule has 4 nitrogen and oxygen atoms in total. The van der Waals surface area contributed by atoms with E-state index in [4.69, 9.17) is 0 Å². The molecule has 4 heteroatoms. The maximum Gasteiger partial charge on any atom is 0.275 e. The first-order chi connectivity index (χ1) is 11.2. The van der Waals surface area contributed by atoms with Crippen LogP contribution in [0.5, 0.6) is 0 Å². The molecule has 0 aliphatic heterocycles. The Morgan fingerprint density at radius 3 is 2.48 bits per heavy atom. The van der Waals surface area contributed by atoms with Gasteiger partial charge >= 0.3 is 0 Å². The number of fused-ring (bicyclic) bond motifs is 5. The van der Waals surface area contributed by atoms with Crippen LogP contribution >= 0.6 is 0 Å². The van der Waals surface area contributed by atoms with Crippen LogP contribution < -0.4 is 5.56 Å². The van der Waals surface area contributed by atoms with Gasteiger partial charge in [-0.2, -0.15) is 0 Å². The van der Waals surface area contributed by atoms with E-state index >= 15 is 0 Å². The van der Waals surface area contributed by atoms with Crippen molar-refractivity contribution in [2.24, 2.45) is 0 Å². The number of H-pyrrole nitrogens is 1. The highest BCUT2D eigenvalue weighted by Gasteiger charge is 2.14. The van der Waals surface area contributed by atoms with E-state index in [1.165, 1.54) is 0 Å². The van der Waals surface area contributed by atoms with Crippen LogP contribution in [-0.2, 0) is 6.54 Å². The maximum absolute atomic E-state index is 13.0. The Kier molecular flexibility index (Phi) is 3.20. The van der Waals surface area contributed by atoms with Gasteiger partial charge in [-0.3, -0.25) is 4.79 Å². The lowest BCUT2D eigenvalue weighted by molar-refractivity contribution is 0.384. The summed E-state index contributed by atoms with van der Waals surface area (Å²) in [5, 5.41) is 3.26. The Bertz CT molecular complexity index is 1070. The summed E-state index contributed by atoms with van der Waals surface area (Å²) in [6.07, 6.45) is 0. The summed E-state index contributed by atoms with van der Waals surface area (Å²) in [6, 6.07) is 16.3. The lowest BCUT2D eigenvalue weighted by Crippen LogP contribution is -2.27. The van der Waals surface area contributed by atoms with Crippen LogP contribution in [0.2, 0.25) is 0 Å². The van der Waals surface area contributed by atoms with Crippen molar-refractivity contribution in [2.45, 2.75) is 6.54 Å². The van der Waals surface area contributed by atoms with Crippen molar-refractivity contribution in [1.29, 1.82) is 0 Å². The zero-order chi connectivity index (χ0) is 16.0. The Labute approximate surface area is 133 Å². The van der Waals surface area contributed by atoms with Crippen molar-refractivity contribution in [1.82, 2.24) is 14.5 Å². The molecule has 0 bridgehead atoms. The fraction of sp³-hybridized carbons (Fsp3) is 0.211. The average molecular weight is 305 g/mol. The molecule has 0 atom stereocenters. The normalized spacial score (nSPS) is 12.0. The number of para-hydroxylation sites is 2. The van der Waals surface area contributed by atoms with Crippen LogP contribution in [0.1, 0.15) is 0 Å². The summed E-state index contributed by atoms with van der Waals surface area (Å²) < 4.78 is 1.88. The Balaban J connectivity index is 2.15. The summed E-state index contributed by atoms with van der Waals surface area (Å²) >= 11 is 0. The lowest BCUT2D eigenvalue weighted by Gasteiger charge is -2.14. The van der Waals surface area contributed by atoms with Crippen molar-refractivity contribution in [3.63, 3.8) is 0 Å². The largest absolute Gasteiger partial charge is 0.350 e. The Morgan fingerprint density at radius 2 is 1.70 bits per heavy atom. The standard InChI is InChI=1S/C19H19N3O/c1-21(2)11-12-22-16-10-6-4-8-14(16)17-13-7-3-5-9-15(13)20-18(17)19(22)23/h3-10,20H,11-12H2,1-2H3. The van der Waals surface area contributed by atoms with E-state index in [2.05, 4.69) is 22.0 Å². The van der Waals surface area contributed by atoms with E-state index in [9.17, 15) is 4.79 Å². The van der Waals surface area contributed by atoms with E-state index in [0.717, 1.165) is 33.7 Å². The number of nitrogens with zero attached hydrogens (tertiary/aromatic N) is 2. The zero-order valence-electron chi connectivity index (χ0n) is 13.3. The van der Waals surface area contributed by atoms with Gasteiger partial charge in [-0.05, 0) is 26.2 Å². The van der Waals surface area contributed by atoms with Gasteiger partial charge in [-0.1, -0.05) is 36.4 Å². The van der Waals surface area contributed by atoms with Gasteiger partial charge < -0.3 is 14.5 Å². The fourth-order valence-electron chi connectivity index (χ4n) is 3.27. The first-order valence-corrected chi connectivity index (χ1v) is 7.83. The first kappa shape index (κ1) is 14.0. The molecular weight excluding hydrogens is 286 g/mol. The molecule has 2 aromatic heterocycles. The van der Waals surface area contributed by atoms with E-state index in [1.54, 1.807) is 0 Å². The zero-order valence-corrected chi connectivity index (χ0v) is 13.3. The lowest BCUT2D eigenvalue weighted by atomic mass is 10.1. The molecule has 0 aliphatic rings. The summed E-state index contributed by atoms with van der Waals surface area (Å²) in [5.41, 5.74) is 2.76. The number of hydrogen-bond acceptors (Lipinski definition) is 2. The quantitative estimate of drug-likeness (QED) is 0.631. The van der Waals surface area contributed by atoms with Crippen LogP contribution in [0.15, 0.2) is 53.3 Å². The third kappa shape index (κ3) is 2.14. The molecular formula is C19H19N3O. The second kappa shape index (κ2) is 5.25. The molecule has 4 rings (SSSR count). The molecule has 0 amide bonds. The van der Waals surface area contributed by atoms with Gasteiger partial charge in [-0.15, -0.1) is 0 Å². The minimum atomic E-state index is 0.0525. The summed E-state index contributed by atoms with van der Waals surface area (Å²) in [7, 11) is 4.05. The summed E-state index contributed by atoms with van der Waals surface area (Å²) in [6.45, 7) is 1.51. The van der Waals surface area contributed by atoms with E-state index in [-0.39, 0.29) is 5.56 Å². The number of nitrogens with one attached hydrogen (secondary N) is 1. The van der Waals surface area contributed by atoms with E-state index in [0.29, 0.717) is 12.1 Å². The molecule has 0 fully saturated rings. The molecule has 0 saturated carbocycles. The average Bonchev–Trinajstić information content (AvgIpc) is 2.94. The highest BCUT2D eigenvalue weighted by Crippen LogP contribution is 2.29. The van der Waals surface area contributed by atoms with Crippen LogP contribution in [0, 0.1) is 0 Å². The molecule has 116 valence electrons. The van der Waals surface area contributed by atoms with Gasteiger partial charge in [0.15, 0.2) is 0 Å². The fourth-order valence-corrected chi connectivity index (χ4v) is 3.27. The van der Waals surface area contributed by atoms with E-state index < -0.39 is 0 Å². The predicted octanol–water partition coefficient (Wildman–Crippen LogP) is 3.20. The topological polar surface area (TPSA) is 41.0 Å².